The summed E-state index contributed by atoms with van der Waals surface area (Å²) in [5, 5.41) is 13.3. The second-order valence-electron chi connectivity index (χ2n) is 4.24. The zero-order valence-corrected chi connectivity index (χ0v) is 12.1. The Morgan fingerprint density at radius 1 is 1.55 bits per heavy atom. The fourth-order valence-corrected chi connectivity index (χ4v) is 1.99. The average molecular weight is 301 g/mol. The lowest BCUT2D eigenvalue weighted by Gasteiger charge is -2.10. The third kappa shape index (κ3) is 4.38. The van der Waals surface area contributed by atoms with Gasteiger partial charge in [0.1, 0.15) is 0 Å². The third-order valence-corrected chi connectivity index (χ3v) is 3.10. The first-order valence-corrected chi connectivity index (χ1v) is 6.68. The molecule has 1 rings (SSSR count). The average Bonchev–Trinajstić information content (AvgIpc) is 2.44. The lowest BCUT2D eigenvalue weighted by atomic mass is 10.1. The normalized spacial score (nSPS) is 11.8. The minimum atomic E-state index is -0.559. The minimum absolute atomic E-state index is 0.0543. The summed E-state index contributed by atoms with van der Waals surface area (Å²) < 4.78 is 4.91. The van der Waals surface area contributed by atoms with Crippen molar-refractivity contribution >= 4 is 23.2 Å². The molecule has 0 fully saturated rings. The van der Waals surface area contributed by atoms with Crippen molar-refractivity contribution in [2.45, 2.75) is 25.1 Å². The number of carbonyl (C=O) groups excluding carboxylic acids is 1. The SMILES string of the molecule is CCCC(Cl)CNC(=O)c1ccc([N+](=O)[O-])c(OC)c1. The van der Waals surface area contributed by atoms with E-state index >= 15 is 0 Å². The summed E-state index contributed by atoms with van der Waals surface area (Å²) in [7, 11) is 1.32. The molecular weight excluding hydrogens is 284 g/mol. The number of methoxy groups -OCH3 is 1. The second kappa shape index (κ2) is 7.69. The Bertz CT molecular complexity index is 493. The van der Waals surface area contributed by atoms with Gasteiger partial charge in [0.15, 0.2) is 5.75 Å². The number of hydrogen-bond acceptors (Lipinski definition) is 4. The standard InChI is InChI=1S/C13H17ClN2O4/c1-3-4-10(14)8-15-13(17)9-5-6-11(16(18)19)12(7-9)20-2/h5-7,10H,3-4,8H2,1-2H3,(H,15,17). The molecule has 0 aromatic heterocycles. The molecule has 0 aliphatic heterocycles. The molecule has 1 aromatic carbocycles. The van der Waals surface area contributed by atoms with E-state index in [1.807, 2.05) is 6.92 Å². The van der Waals surface area contributed by atoms with Gasteiger partial charge in [0.05, 0.1) is 17.4 Å². The topological polar surface area (TPSA) is 81.5 Å². The van der Waals surface area contributed by atoms with Crippen LogP contribution in [-0.2, 0) is 0 Å². The molecule has 0 saturated carbocycles. The molecule has 7 heteroatoms. The fourth-order valence-electron chi connectivity index (χ4n) is 1.69. The van der Waals surface area contributed by atoms with E-state index in [0.717, 1.165) is 12.8 Å². The summed E-state index contributed by atoms with van der Waals surface area (Å²) in [5.74, 6) is -0.279. The number of ether oxygens (including phenoxy) is 1. The van der Waals surface area contributed by atoms with Gasteiger partial charge >= 0.3 is 5.69 Å². The van der Waals surface area contributed by atoms with Crippen molar-refractivity contribution in [1.29, 1.82) is 0 Å². The van der Waals surface area contributed by atoms with E-state index in [2.05, 4.69) is 5.32 Å². The van der Waals surface area contributed by atoms with Crippen LogP contribution < -0.4 is 10.1 Å². The number of alkyl halides is 1. The first-order valence-electron chi connectivity index (χ1n) is 6.24. The summed E-state index contributed by atoms with van der Waals surface area (Å²) >= 11 is 6.01. The second-order valence-corrected chi connectivity index (χ2v) is 4.86. The van der Waals surface area contributed by atoms with E-state index in [4.69, 9.17) is 16.3 Å². The lowest BCUT2D eigenvalue weighted by Crippen LogP contribution is -2.29. The van der Waals surface area contributed by atoms with Crippen LogP contribution in [0.4, 0.5) is 5.69 Å². The number of nitrogens with zero attached hydrogens (tertiary/aromatic N) is 1. The van der Waals surface area contributed by atoms with Gasteiger partial charge in [-0.05, 0) is 12.5 Å². The number of nitro groups is 1. The van der Waals surface area contributed by atoms with E-state index in [-0.39, 0.29) is 22.7 Å². The molecule has 0 heterocycles. The Hall–Kier alpha value is -1.82. The molecule has 1 atom stereocenters. The molecule has 0 aliphatic carbocycles. The van der Waals surface area contributed by atoms with Gasteiger partial charge in [-0.25, -0.2) is 0 Å². The molecule has 1 unspecified atom stereocenters. The highest BCUT2D eigenvalue weighted by Gasteiger charge is 2.17. The van der Waals surface area contributed by atoms with Crippen molar-refractivity contribution in [3.05, 3.63) is 33.9 Å². The Labute approximate surface area is 122 Å². The molecule has 20 heavy (non-hydrogen) atoms. The number of hydrogen-bond donors (Lipinski definition) is 1. The summed E-state index contributed by atoms with van der Waals surface area (Å²) in [5.41, 5.74) is 0.123. The van der Waals surface area contributed by atoms with Crippen molar-refractivity contribution in [2.75, 3.05) is 13.7 Å². The van der Waals surface area contributed by atoms with Crippen LogP contribution in [0.2, 0.25) is 0 Å². The van der Waals surface area contributed by atoms with E-state index in [1.165, 1.54) is 25.3 Å². The number of carbonyl (C=O) groups is 1. The van der Waals surface area contributed by atoms with Gasteiger partial charge in [-0.15, -0.1) is 11.6 Å². The van der Waals surface area contributed by atoms with Gasteiger partial charge in [0, 0.05) is 24.2 Å². The molecule has 0 saturated heterocycles. The van der Waals surface area contributed by atoms with E-state index < -0.39 is 4.92 Å². The highest BCUT2D eigenvalue weighted by Crippen LogP contribution is 2.27. The van der Waals surface area contributed by atoms with E-state index in [1.54, 1.807) is 0 Å². The van der Waals surface area contributed by atoms with E-state index in [0.29, 0.717) is 12.1 Å². The first-order chi connectivity index (χ1) is 9.49. The van der Waals surface area contributed by atoms with Crippen molar-refractivity contribution < 1.29 is 14.5 Å². The molecular formula is C13H17ClN2O4. The molecule has 6 nitrogen and oxygen atoms in total. The molecule has 0 aliphatic rings. The lowest BCUT2D eigenvalue weighted by molar-refractivity contribution is -0.385. The number of amides is 1. The number of halogens is 1. The zero-order chi connectivity index (χ0) is 15.1. The van der Waals surface area contributed by atoms with Gasteiger partial charge in [0.25, 0.3) is 5.91 Å². The minimum Gasteiger partial charge on any atom is -0.490 e. The van der Waals surface area contributed by atoms with Crippen LogP contribution in [0.25, 0.3) is 0 Å². The van der Waals surface area contributed by atoms with Gasteiger partial charge in [-0.2, -0.15) is 0 Å². The molecule has 1 amide bonds. The summed E-state index contributed by atoms with van der Waals surface area (Å²) in [6, 6.07) is 3.98. The zero-order valence-electron chi connectivity index (χ0n) is 11.4. The van der Waals surface area contributed by atoms with Crippen molar-refractivity contribution in [3.8, 4) is 5.75 Å². The Balaban J connectivity index is 2.76. The van der Waals surface area contributed by atoms with Gasteiger partial charge in [-0.3, -0.25) is 14.9 Å². The maximum atomic E-state index is 11.9. The van der Waals surface area contributed by atoms with Crippen LogP contribution >= 0.6 is 11.6 Å². The van der Waals surface area contributed by atoms with Gasteiger partial charge in [0.2, 0.25) is 0 Å². The Kier molecular flexibility index (Phi) is 6.24. The molecule has 110 valence electrons. The predicted octanol–water partition coefficient (Wildman–Crippen LogP) is 2.74. The van der Waals surface area contributed by atoms with Crippen LogP contribution in [0.5, 0.6) is 5.75 Å². The largest absolute Gasteiger partial charge is 0.490 e. The summed E-state index contributed by atoms with van der Waals surface area (Å²) in [4.78, 5) is 22.1. The van der Waals surface area contributed by atoms with Gasteiger partial charge in [-0.1, -0.05) is 13.3 Å². The fraction of sp³-hybridized carbons (Fsp3) is 0.462. The van der Waals surface area contributed by atoms with Crippen LogP contribution in [0.1, 0.15) is 30.1 Å². The van der Waals surface area contributed by atoms with Gasteiger partial charge < -0.3 is 10.1 Å². The number of rotatable bonds is 7. The predicted molar refractivity (Wildman–Crippen MR) is 76.5 cm³/mol. The van der Waals surface area contributed by atoms with Crippen LogP contribution in [0.15, 0.2) is 18.2 Å². The summed E-state index contributed by atoms with van der Waals surface area (Å²) in [6.45, 7) is 2.37. The van der Waals surface area contributed by atoms with Crippen molar-refractivity contribution in [2.24, 2.45) is 0 Å². The number of benzene rings is 1. The maximum absolute atomic E-state index is 11.9. The number of nitro benzene ring substituents is 1. The maximum Gasteiger partial charge on any atom is 0.310 e. The highest BCUT2D eigenvalue weighted by atomic mass is 35.5. The Morgan fingerprint density at radius 3 is 2.80 bits per heavy atom. The van der Waals surface area contributed by atoms with Crippen molar-refractivity contribution in [1.82, 2.24) is 5.32 Å². The van der Waals surface area contributed by atoms with Crippen LogP contribution in [0, 0.1) is 10.1 Å². The number of nitrogens with one attached hydrogen (secondary N) is 1. The molecule has 0 spiro atoms. The summed E-state index contributed by atoms with van der Waals surface area (Å²) in [6.07, 6.45) is 1.75. The molecule has 0 bridgehead atoms. The monoisotopic (exact) mass is 300 g/mol. The molecule has 1 N–H and O–H groups in total. The van der Waals surface area contributed by atoms with E-state index in [9.17, 15) is 14.9 Å². The smallest absolute Gasteiger partial charge is 0.310 e. The highest BCUT2D eigenvalue weighted by molar-refractivity contribution is 6.20. The van der Waals surface area contributed by atoms with Crippen LogP contribution in [0.3, 0.4) is 0 Å². The third-order valence-electron chi connectivity index (χ3n) is 2.72. The van der Waals surface area contributed by atoms with Crippen LogP contribution in [-0.4, -0.2) is 29.9 Å². The first kappa shape index (κ1) is 16.2. The molecule has 1 aromatic rings. The molecule has 0 radical (unpaired) electrons. The quantitative estimate of drug-likeness (QED) is 0.477. The Morgan fingerprint density at radius 2 is 2.25 bits per heavy atom. The van der Waals surface area contributed by atoms with Crippen molar-refractivity contribution in [3.63, 3.8) is 0 Å².